The lowest BCUT2D eigenvalue weighted by molar-refractivity contribution is 0.576. The standard InChI is InChI=1S/C14H16N2O4S2/c1-3-13-12-8-21(17,18)9-14(12)16(15-13)22(19,20)11-6-4-10(2)5-7-11/h4-7H,3,8-9H2,1-2H3. The van der Waals surface area contributed by atoms with Crippen LogP contribution in [0, 0.1) is 6.92 Å². The maximum Gasteiger partial charge on any atom is 0.283 e. The van der Waals surface area contributed by atoms with Crippen LogP contribution in [0.15, 0.2) is 29.2 Å². The zero-order valence-corrected chi connectivity index (χ0v) is 13.9. The van der Waals surface area contributed by atoms with Crippen LogP contribution in [-0.4, -0.2) is 26.0 Å². The summed E-state index contributed by atoms with van der Waals surface area (Å²) in [5.74, 6) is -0.407. The lowest BCUT2D eigenvalue weighted by Gasteiger charge is -2.07. The van der Waals surface area contributed by atoms with Gasteiger partial charge in [0.1, 0.15) is 0 Å². The number of hydrogen-bond donors (Lipinski definition) is 0. The summed E-state index contributed by atoms with van der Waals surface area (Å²) in [6.07, 6.45) is 0.494. The summed E-state index contributed by atoms with van der Waals surface area (Å²) in [5, 5.41) is 4.15. The summed E-state index contributed by atoms with van der Waals surface area (Å²) in [7, 11) is -7.17. The summed E-state index contributed by atoms with van der Waals surface area (Å²) in [4.78, 5) is 0.107. The first-order chi connectivity index (χ1) is 10.2. The van der Waals surface area contributed by atoms with Gasteiger partial charge in [-0.15, -0.1) is 0 Å². The molecule has 6 nitrogen and oxygen atoms in total. The molecule has 0 amide bonds. The minimum atomic E-state index is -3.88. The van der Waals surface area contributed by atoms with Crippen molar-refractivity contribution in [1.29, 1.82) is 0 Å². The van der Waals surface area contributed by atoms with Crippen molar-refractivity contribution in [2.24, 2.45) is 0 Å². The highest BCUT2D eigenvalue weighted by Gasteiger charge is 2.35. The molecule has 1 aromatic carbocycles. The molecule has 22 heavy (non-hydrogen) atoms. The van der Waals surface area contributed by atoms with Crippen molar-refractivity contribution in [3.05, 3.63) is 46.8 Å². The van der Waals surface area contributed by atoms with Crippen molar-refractivity contribution in [3.63, 3.8) is 0 Å². The number of benzene rings is 1. The van der Waals surface area contributed by atoms with Crippen LogP contribution in [0.3, 0.4) is 0 Å². The smallest absolute Gasteiger partial charge is 0.228 e. The summed E-state index contributed by atoms with van der Waals surface area (Å²) < 4.78 is 50.1. The molecule has 0 bridgehead atoms. The highest BCUT2D eigenvalue weighted by molar-refractivity contribution is 7.91. The van der Waals surface area contributed by atoms with Crippen LogP contribution in [0.25, 0.3) is 0 Å². The third-order valence-electron chi connectivity index (χ3n) is 3.74. The van der Waals surface area contributed by atoms with Gasteiger partial charge in [0.15, 0.2) is 9.84 Å². The van der Waals surface area contributed by atoms with E-state index in [1.807, 2.05) is 13.8 Å². The molecular weight excluding hydrogens is 324 g/mol. The van der Waals surface area contributed by atoms with E-state index >= 15 is 0 Å². The quantitative estimate of drug-likeness (QED) is 0.843. The Morgan fingerprint density at radius 3 is 2.41 bits per heavy atom. The fourth-order valence-electron chi connectivity index (χ4n) is 2.59. The molecule has 1 aliphatic heterocycles. The van der Waals surface area contributed by atoms with E-state index in [4.69, 9.17) is 0 Å². The molecule has 1 aromatic heterocycles. The molecule has 8 heteroatoms. The molecule has 1 aliphatic rings. The van der Waals surface area contributed by atoms with Gasteiger partial charge in [-0.3, -0.25) is 0 Å². The van der Waals surface area contributed by atoms with Crippen molar-refractivity contribution >= 4 is 19.9 Å². The van der Waals surface area contributed by atoms with Gasteiger partial charge >= 0.3 is 0 Å². The molecule has 0 saturated heterocycles. The Labute approximate surface area is 129 Å². The van der Waals surface area contributed by atoms with Crippen molar-refractivity contribution in [2.75, 3.05) is 0 Å². The fourth-order valence-corrected chi connectivity index (χ4v) is 5.61. The van der Waals surface area contributed by atoms with E-state index in [1.165, 1.54) is 12.1 Å². The van der Waals surface area contributed by atoms with E-state index in [0.29, 0.717) is 17.7 Å². The van der Waals surface area contributed by atoms with Crippen LogP contribution in [0.5, 0.6) is 0 Å². The normalized spacial score (nSPS) is 16.6. The van der Waals surface area contributed by atoms with Crippen LogP contribution in [0.4, 0.5) is 0 Å². The van der Waals surface area contributed by atoms with Crippen molar-refractivity contribution in [1.82, 2.24) is 9.19 Å². The Balaban J connectivity index is 2.19. The Bertz CT molecular complexity index is 939. The lowest BCUT2D eigenvalue weighted by atomic mass is 10.2. The number of rotatable bonds is 3. The van der Waals surface area contributed by atoms with E-state index < -0.39 is 19.9 Å². The zero-order chi connectivity index (χ0) is 16.1. The molecule has 2 aromatic rings. The Kier molecular flexibility index (Phi) is 3.41. The third-order valence-corrected chi connectivity index (χ3v) is 6.81. The maximum absolute atomic E-state index is 12.8. The largest absolute Gasteiger partial charge is 0.283 e. The highest BCUT2D eigenvalue weighted by atomic mass is 32.2. The average molecular weight is 340 g/mol. The van der Waals surface area contributed by atoms with Crippen LogP contribution in [0.2, 0.25) is 0 Å². The predicted molar refractivity (Wildman–Crippen MR) is 81.7 cm³/mol. The van der Waals surface area contributed by atoms with E-state index in [2.05, 4.69) is 5.10 Å². The van der Waals surface area contributed by atoms with Crippen LogP contribution >= 0.6 is 0 Å². The zero-order valence-electron chi connectivity index (χ0n) is 12.3. The maximum atomic E-state index is 12.8. The number of sulfone groups is 1. The van der Waals surface area contributed by atoms with Gasteiger partial charge in [0.2, 0.25) is 0 Å². The molecule has 0 N–H and O–H groups in total. The number of nitrogens with zero attached hydrogens (tertiary/aromatic N) is 2. The number of aromatic nitrogens is 2. The monoisotopic (exact) mass is 340 g/mol. The van der Waals surface area contributed by atoms with E-state index in [0.717, 1.165) is 9.65 Å². The number of fused-ring (bicyclic) bond motifs is 1. The molecule has 2 heterocycles. The van der Waals surface area contributed by atoms with Crippen molar-refractivity contribution < 1.29 is 16.8 Å². The third kappa shape index (κ3) is 2.36. The highest BCUT2D eigenvalue weighted by Crippen LogP contribution is 2.30. The van der Waals surface area contributed by atoms with Gasteiger partial charge in [-0.2, -0.15) is 17.6 Å². The minimum Gasteiger partial charge on any atom is -0.228 e. The first kappa shape index (κ1) is 15.2. The summed E-state index contributed by atoms with van der Waals surface area (Å²) >= 11 is 0. The summed E-state index contributed by atoms with van der Waals surface area (Å²) in [6, 6.07) is 6.42. The molecule has 0 unspecified atom stereocenters. The molecule has 0 aliphatic carbocycles. The Morgan fingerprint density at radius 2 is 1.82 bits per heavy atom. The SMILES string of the molecule is CCc1nn(S(=O)(=O)c2ccc(C)cc2)c2c1CS(=O)(=O)C2. The number of hydrogen-bond acceptors (Lipinski definition) is 5. The molecule has 0 fully saturated rings. The van der Waals surface area contributed by atoms with Gasteiger partial charge in [0.05, 0.1) is 27.8 Å². The molecule has 0 atom stereocenters. The van der Waals surface area contributed by atoms with Crippen LogP contribution in [-0.2, 0) is 37.8 Å². The predicted octanol–water partition coefficient (Wildman–Crippen LogP) is 1.42. The van der Waals surface area contributed by atoms with Gasteiger partial charge in [-0.05, 0) is 25.5 Å². The Hall–Kier alpha value is -1.67. The van der Waals surface area contributed by atoms with E-state index in [1.54, 1.807) is 12.1 Å². The Morgan fingerprint density at radius 1 is 1.18 bits per heavy atom. The number of aryl methyl sites for hydroxylation is 2. The van der Waals surface area contributed by atoms with E-state index in [9.17, 15) is 16.8 Å². The molecule has 0 saturated carbocycles. The van der Waals surface area contributed by atoms with Crippen molar-refractivity contribution in [3.8, 4) is 0 Å². The average Bonchev–Trinajstić information content (AvgIpc) is 2.92. The van der Waals surface area contributed by atoms with Crippen LogP contribution in [0.1, 0.15) is 29.4 Å². The van der Waals surface area contributed by atoms with Gasteiger partial charge in [-0.1, -0.05) is 24.6 Å². The molecule has 0 spiro atoms. The van der Waals surface area contributed by atoms with Gasteiger partial charge in [0, 0.05) is 5.56 Å². The molecule has 0 radical (unpaired) electrons. The van der Waals surface area contributed by atoms with Gasteiger partial charge in [-0.25, -0.2) is 8.42 Å². The lowest BCUT2D eigenvalue weighted by Crippen LogP contribution is -2.18. The van der Waals surface area contributed by atoms with Gasteiger partial charge < -0.3 is 0 Å². The second-order valence-electron chi connectivity index (χ2n) is 5.42. The topological polar surface area (TPSA) is 86.1 Å². The summed E-state index contributed by atoms with van der Waals surface area (Å²) in [6.45, 7) is 3.69. The van der Waals surface area contributed by atoms with Crippen LogP contribution < -0.4 is 0 Å². The first-order valence-electron chi connectivity index (χ1n) is 6.87. The molecular formula is C14H16N2O4S2. The first-order valence-corrected chi connectivity index (χ1v) is 10.1. The van der Waals surface area contributed by atoms with Crippen molar-refractivity contribution in [2.45, 2.75) is 36.7 Å². The second-order valence-corrected chi connectivity index (χ2v) is 9.25. The van der Waals surface area contributed by atoms with Gasteiger partial charge in [0.25, 0.3) is 10.0 Å². The molecule has 3 rings (SSSR count). The fraction of sp³-hybridized carbons (Fsp3) is 0.357. The van der Waals surface area contributed by atoms with E-state index in [-0.39, 0.29) is 22.1 Å². The molecule has 118 valence electrons. The summed E-state index contributed by atoms with van der Waals surface area (Å²) in [5.41, 5.74) is 2.30. The minimum absolute atomic E-state index is 0.107. The second kappa shape index (κ2) is 4.92.